The Bertz CT molecular complexity index is 419. The Morgan fingerprint density at radius 1 is 1.47 bits per heavy atom. The van der Waals surface area contributed by atoms with Crippen molar-refractivity contribution < 1.29 is 13.9 Å². The third-order valence-electron chi connectivity index (χ3n) is 2.64. The Kier molecular flexibility index (Phi) is 3.53. The molecule has 6 heteroatoms. The third-order valence-corrected chi connectivity index (χ3v) is 2.64. The first kappa shape index (κ1) is 11.8. The molecule has 0 radical (unpaired) electrons. The second-order valence-electron chi connectivity index (χ2n) is 3.73. The van der Waals surface area contributed by atoms with E-state index >= 15 is 0 Å². The number of pyridine rings is 1. The maximum Gasteiger partial charge on any atom is 0.275 e. The average Bonchev–Trinajstić information content (AvgIpc) is 2.39. The maximum atomic E-state index is 13.5. The number of hydrogen-bond acceptors (Lipinski definition) is 4. The number of piperazine rings is 1. The molecule has 0 unspecified atom stereocenters. The molecule has 2 rings (SSSR count). The SMILES string of the molecule is COc1ccc(F)c(C(=O)N2CCNCC2)n1. The molecule has 0 bridgehead atoms. The Morgan fingerprint density at radius 3 is 2.82 bits per heavy atom. The molecular formula is C11H14FN3O2. The molecule has 2 heterocycles. The number of nitrogens with one attached hydrogen (secondary N) is 1. The van der Waals surface area contributed by atoms with Crippen molar-refractivity contribution in [3.63, 3.8) is 0 Å². The Hall–Kier alpha value is -1.69. The van der Waals surface area contributed by atoms with Gasteiger partial charge in [-0.25, -0.2) is 9.37 Å². The Labute approximate surface area is 98.6 Å². The molecule has 1 aromatic heterocycles. The van der Waals surface area contributed by atoms with Gasteiger partial charge in [0.15, 0.2) is 11.5 Å². The van der Waals surface area contributed by atoms with Crippen molar-refractivity contribution in [3.05, 3.63) is 23.6 Å². The summed E-state index contributed by atoms with van der Waals surface area (Å²) in [7, 11) is 1.43. The molecule has 1 aliphatic rings. The van der Waals surface area contributed by atoms with Crippen LogP contribution in [0.15, 0.2) is 12.1 Å². The van der Waals surface area contributed by atoms with Crippen molar-refractivity contribution in [2.75, 3.05) is 33.3 Å². The predicted molar refractivity (Wildman–Crippen MR) is 59.5 cm³/mol. The van der Waals surface area contributed by atoms with Crippen molar-refractivity contribution >= 4 is 5.91 Å². The molecule has 1 N–H and O–H groups in total. The molecule has 0 atom stereocenters. The lowest BCUT2D eigenvalue weighted by Gasteiger charge is -2.27. The number of ether oxygens (including phenoxy) is 1. The van der Waals surface area contributed by atoms with Crippen LogP contribution < -0.4 is 10.1 Å². The first-order chi connectivity index (χ1) is 8.22. The maximum absolute atomic E-state index is 13.5. The molecule has 0 aromatic carbocycles. The third kappa shape index (κ3) is 2.52. The molecule has 0 aliphatic carbocycles. The summed E-state index contributed by atoms with van der Waals surface area (Å²) in [6.45, 7) is 2.57. The van der Waals surface area contributed by atoms with E-state index in [4.69, 9.17) is 4.74 Å². The highest BCUT2D eigenvalue weighted by Gasteiger charge is 2.22. The highest BCUT2D eigenvalue weighted by atomic mass is 19.1. The van der Waals surface area contributed by atoms with Gasteiger partial charge in [-0.1, -0.05) is 0 Å². The molecule has 1 amide bonds. The van der Waals surface area contributed by atoms with Crippen molar-refractivity contribution in [1.29, 1.82) is 0 Å². The number of rotatable bonds is 2. The highest BCUT2D eigenvalue weighted by molar-refractivity contribution is 5.92. The molecule has 1 fully saturated rings. The molecule has 17 heavy (non-hydrogen) atoms. The van der Waals surface area contributed by atoms with Gasteiger partial charge in [-0.2, -0.15) is 0 Å². The van der Waals surface area contributed by atoms with Crippen LogP contribution in [0.3, 0.4) is 0 Å². The predicted octanol–water partition coefficient (Wildman–Crippen LogP) is 0.275. The quantitative estimate of drug-likeness (QED) is 0.805. The van der Waals surface area contributed by atoms with Crippen molar-refractivity contribution in [1.82, 2.24) is 15.2 Å². The van der Waals surface area contributed by atoms with Crippen LogP contribution in [0.5, 0.6) is 5.88 Å². The van der Waals surface area contributed by atoms with E-state index in [2.05, 4.69) is 10.3 Å². The van der Waals surface area contributed by atoms with Gasteiger partial charge in [-0.05, 0) is 6.07 Å². The summed E-state index contributed by atoms with van der Waals surface area (Å²) in [4.78, 5) is 17.5. The number of amides is 1. The first-order valence-corrected chi connectivity index (χ1v) is 5.43. The summed E-state index contributed by atoms with van der Waals surface area (Å²) in [6, 6.07) is 2.59. The zero-order valence-corrected chi connectivity index (χ0v) is 9.57. The molecule has 5 nitrogen and oxygen atoms in total. The van der Waals surface area contributed by atoms with Gasteiger partial charge in [-0.3, -0.25) is 4.79 Å². The number of methoxy groups -OCH3 is 1. The summed E-state index contributed by atoms with van der Waals surface area (Å²) in [5.74, 6) is -0.762. The van der Waals surface area contributed by atoms with E-state index in [1.54, 1.807) is 4.90 Å². The van der Waals surface area contributed by atoms with Gasteiger partial charge in [-0.15, -0.1) is 0 Å². The van der Waals surface area contributed by atoms with Crippen molar-refractivity contribution in [2.45, 2.75) is 0 Å². The fourth-order valence-corrected chi connectivity index (χ4v) is 1.71. The number of carbonyl (C=O) groups excluding carboxylic acids is 1. The fraction of sp³-hybridized carbons (Fsp3) is 0.455. The topological polar surface area (TPSA) is 54.5 Å². The summed E-state index contributed by atoms with van der Waals surface area (Å²) < 4.78 is 18.4. The smallest absolute Gasteiger partial charge is 0.275 e. The number of aromatic nitrogens is 1. The Balaban J connectivity index is 2.22. The van der Waals surface area contributed by atoms with Gasteiger partial charge >= 0.3 is 0 Å². The van der Waals surface area contributed by atoms with Crippen LogP contribution in [0, 0.1) is 5.82 Å². The van der Waals surface area contributed by atoms with E-state index in [1.807, 2.05) is 0 Å². The van der Waals surface area contributed by atoms with Gasteiger partial charge in [0.05, 0.1) is 7.11 Å². The minimum absolute atomic E-state index is 0.175. The summed E-state index contributed by atoms with van der Waals surface area (Å²) >= 11 is 0. The van der Waals surface area contributed by atoms with Gasteiger partial charge in [0, 0.05) is 32.2 Å². The number of carbonyl (C=O) groups is 1. The average molecular weight is 239 g/mol. The normalized spacial score (nSPS) is 15.8. The second-order valence-corrected chi connectivity index (χ2v) is 3.73. The highest BCUT2D eigenvalue weighted by Crippen LogP contribution is 2.13. The lowest BCUT2D eigenvalue weighted by atomic mass is 10.2. The number of halogens is 1. The molecular weight excluding hydrogens is 225 g/mol. The van der Waals surface area contributed by atoms with Crippen LogP contribution in [-0.4, -0.2) is 49.1 Å². The molecule has 1 saturated heterocycles. The van der Waals surface area contributed by atoms with Gasteiger partial charge in [0.1, 0.15) is 0 Å². The van der Waals surface area contributed by atoms with Gasteiger partial charge < -0.3 is 15.0 Å². The van der Waals surface area contributed by atoms with E-state index in [0.717, 1.165) is 13.1 Å². The zero-order chi connectivity index (χ0) is 12.3. The monoisotopic (exact) mass is 239 g/mol. The summed E-state index contributed by atoms with van der Waals surface area (Å²) in [6.07, 6.45) is 0. The van der Waals surface area contributed by atoms with Crippen LogP contribution >= 0.6 is 0 Å². The lowest BCUT2D eigenvalue weighted by molar-refractivity contribution is 0.0723. The minimum atomic E-state index is -0.616. The molecule has 92 valence electrons. The molecule has 1 aliphatic heterocycles. The minimum Gasteiger partial charge on any atom is -0.481 e. The Morgan fingerprint density at radius 2 is 2.18 bits per heavy atom. The second kappa shape index (κ2) is 5.09. The standard InChI is InChI=1S/C11H14FN3O2/c1-17-9-3-2-8(12)10(14-9)11(16)15-6-4-13-5-7-15/h2-3,13H,4-7H2,1H3. The van der Waals surface area contributed by atoms with Crippen LogP contribution in [0.1, 0.15) is 10.5 Å². The van der Waals surface area contributed by atoms with Gasteiger partial charge in [0.25, 0.3) is 5.91 Å². The molecule has 0 spiro atoms. The number of hydrogen-bond donors (Lipinski definition) is 1. The zero-order valence-electron chi connectivity index (χ0n) is 9.57. The van der Waals surface area contributed by atoms with Crippen LogP contribution in [-0.2, 0) is 0 Å². The van der Waals surface area contributed by atoms with Crippen LogP contribution in [0.4, 0.5) is 4.39 Å². The molecule has 0 saturated carbocycles. The van der Waals surface area contributed by atoms with Crippen molar-refractivity contribution in [2.24, 2.45) is 0 Å². The van der Waals surface area contributed by atoms with Crippen LogP contribution in [0.2, 0.25) is 0 Å². The van der Waals surface area contributed by atoms with Gasteiger partial charge in [0.2, 0.25) is 5.88 Å². The van der Waals surface area contributed by atoms with E-state index in [9.17, 15) is 9.18 Å². The summed E-state index contributed by atoms with van der Waals surface area (Å²) in [5, 5.41) is 3.13. The van der Waals surface area contributed by atoms with E-state index < -0.39 is 5.82 Å². The van der Waals surface area contributed by atoms with E-state index in [1.165, 1.54) is 19.2 Å². The van der Waals surface area contributed by atoms with Crippen LogP contribution in [0.25, 0.3) is 0 Å². The number of nitrogens with zero attached hydrogens (tertiary/aromatic N) is 2. The first-order valence-electron chi connectivity index (χ1n) is 5.43. The van der Waals surface area contributed by atoms with E-state index in [-0.39, 0.29) is 17.5 Å². The lowest BCUT2D eigenvalue weighted by Crippen LogP contribution is -2.46. The van der Waals surface area contributed by atoms with E-state index in [0.29, 0.717) is 13.1 Å². The largest absolute Gasteiger partial charge is 0.481 e. The molecule has 1 aromatic rings. The van der Waals surface area contributed by atoms with Crippen molar-refractivity contribution in [3.8, 4) is 5.88 Å². The summed E-state index contributed by atoms with van der Waals surface area (Å²) in [5.41, 5.74) is -0.175. The fourth-order valence-electron chi connectivity index (χ4n) is 1.71.